The van der Waals surface area contributed by atoms with Crippen molar-refractivity contribution in [3.63, 3.8) is 0 Å². The first-order chi connectivity index (χ1) is 19.7. The first kappa shape index (κ1) is 26.0. The molecule has 2 unspecified atom stereocenters. The number of nitrogens with one attached hydrogen (secondary N) is 1. The Balaban J connectivity index is 1.33. The van der Waals surface area contributed by atoms with Crippen molar-refractivity contribution >= 4 is 51.3 Å². The second-order valence-corrected chi connectivity index (χ2v) is 11.5. The third kappa shape index (κ3) is 6.16. The van der Waals surface area contributed by atoms with Crippen molar-refractivity contribution < 1.29 is 0 Å². The van der Waals surface area contributed by atoms with Crippen LogP contribution >= 0.6 is 18.0 Å². The van der Waals surface area contributed by atoms with Gasteiger partial charge >= 0.3 is 0 Å². The smallest absolute Gasteiger partial charge is 0.0684 e. The molecule has 0 amide bonds. The molecule has 0 radical (unpaired) electrons. The lowest BCUT2D eigenvalue weighted by molar-refractivity contribution is 1.41. The average molecular weight is 553 g/mol. The molecule has 0 aliphatic heterocycles. The van der Waals surface area contributed by atoms with E-state index < -0.39 is 0 Å². The fourth-order valence-corrected chi connectivity index (χ4v) is 6.05. The summed E-state index contributed by atoms with van der Waals surface area (Å²) in [5, 5.41) is 6.16. The van der Waals surface area contributed by atoms with E-state index in [2.05, 4.69) is 171 Å². The molecule has 6 rings (SSSR count). The molecule has 4 heteroatoms. The molecule has 0 bridgehead atoms. The number of benzene rings is 6. The minimum absolute atomic E-state index is 0.430. The summed E-state index contributed by atoms with van der Waals surface area (Å²) < 4.78 is 2.41. The second-order valence-electron chi connectivity index (χ2n) is 9.57. The van der Waals surface area contributed by atoms with Gasteiger partial charge in [-0.25, -0.2) is 0 Å². The van der Waals surface area contributed by atoms with E-state index in [1.54, 1.807) is 0 Å². The molecule has 6 aromatic rings. The summed E-state index contributed by atoms with van der Waals surface area (Å²) in [5.41, 5.74) is 9.28. The predicted octanol–water partition coefficient (Wildman–Crippen LogP) is 9.32. The normalized spacial score (nSPS) is 11.0. The first-order valence-electron chi connectivity index (χ1n) is 13.3. The molecule has 0 saturated carbocycles. The number of para-hydroxylation sites is 2. The molecule has 0 heterocycles. The molecule has 0 saturated heterocycles. The summed E-state index contributed by atoms with van der Waals surface area (Å²) >= 11 is 0. The number of anilines is 4. The molecule has 194 valence electrons. The highest BCUT2D eigenvalue weighted by atomic mass is 31.1. The number of hydrogen-bond acceptors (Lipinski definition) is 2. The summed E-state index contributed by atoms with van der Waals surface area (Å²) in [7, 11) is 3.21. The summed E-state index contributed by atoms with van der Waals surface area (Å²) in [6.07, 6.45) is 0. The van der Waals surface area contributed by atoms with Gasteiger partial charge in [-0.15, -0.1) is 9.24 Å². The van der Waals surface area contributed by atoms with Crippen LogP contribution in [0.2, 0.25) is 0 Å². The van der Waals surface area contributed by atoms with E-state index in [-0.39, 0.29) is 0 Å². The number of rotatable bonds is 8. The lowest BCUT2D eigenvalue weighted by Gasteiger charge is -2.28. The largest absolute Gasteiger partial charge is 0.354 e. The van der Waals surface area contributed by atoms with E-state index in [1.165, 1.54) is 32.9 Å². The third-order valence-electron chi connectivity index (χ3n) is 6.80. The van der Waals surface area contributed by atoms with Crippen LogP contribution in [0.3, 0.4) is 0 Å². The van der Waals surface area contributed by atoms with Gasteiger partial charge in [0.2, 0.25) is 0 Å². The SMILES string of the molecule is Pc1ccc(PN(c2ccc(-c3ccccc3)cc2)c2ccccc2Nc2ccc(-c3ccccc3)cc2)cc1. The van der Waals surface area contributed by atoms with Crippen LogP contribution in [0.15, 0.2) is 158 Å². The Hall–Kier alpha value is -4.22. The van der Waals surface area contributed by atoms with Gasteiger partial charge in [-0.05, 0) is 69.3 Å². The monoisotopic (exact) mass is 552 g/mol. The number of nitrogens with zero attached hydrogens (tertiary/aromatic N) is 1. The highest BCUT2D eigenvalue weighted by Gasteiger charge is 2.15. The molecule has 2 atom stereocenters. The standard InChI is InChI=1S/C36H30N2P2/c39-33-23-25-34(26-24-33)40-38(32-21-17-30(18-22-32)28-11-5-2-6-12-28)36-14-8-7-13-35(36)37-31-19-15-29(16-20-31)27-9-3-1-4-10-27/h1-26,37,40H,39H2. The summed E-state index contributed by atoms with van der Waals surface area (Å²) in [4.78, 5) is 0. The molecule has 6 aromatic carbocycles. The average Bonchev–Trinajstić information content (AvgIpc) is 3.03. The van der Waals surface area contributed by atoms with Crippen LogP contribution < -0.4 is 20.6 Å². The van der Waals surface area contributed by atoms with Crippen molar-refractivity contribution in [3.05, 3.63) is 158 Å². The van der Waals surface area contributed by atoms with Crippen molar-refractivity contribution in [1.82, 2.24) is 0 Å². The van der Waals surface area contributed by atoms with Gasteiger partial charge in [0.15, 0.2) is 0 Å². The van der Waals surface area contributed by atoms with Crippen molar-refractivity contribution in [1.29, 1.82) is 0 Å². The van der Waals surface area contributed by atoms with E-state index in [9.17, 15) is 0 Å². The van der Waals surface area contributed by atoms with Gasteiger partial charge in [-0.2, -0.15) is 0 Å². The first-order valence-corrected chi connectivity index (χ1v) is 14.8. The Morgan fingerprint density at radius 1 is 0.475 bits per heavy atom. The van der Waals surface area contributed by atoms with Gasteiger partial charge in [0.25, 0.3) is 0 Å². The third-order valence-corrected chi connectivity index (χ3v) is 8.50. The van der Waals surface area contributed by atoms with Crippen molar-refractivity contribution in [2.45, 2.75) is 0 Å². The van der Waals surface area contributed by atoms with Crippen molar-refractivity contribution in [2.75, 3.05) is 9.99 Å². The van der Waals surface area contributed by atoms with Gasteiger partial charge in [0.1, 0.15) is 0 Å². The maximum Gasteiger partial charge on any atom is 0.0684 e. The van der Waals surface area contributed by atoms with Crippen molar-refractivity contribution in [3.8, 4) is 22.3 Å². The summed E-state index contributed by atoms with van der Waals surface area (Å²) in [6.45, 7) is 0. The molecule has 2 nitrogen and oxygen atoms in total. The molecule has 40 heavy (non-hydrogen) atoms. The van der Waals surface area contributed by atoms with Crippen LogP contribution in [0.1, 0.15) is 0 Å². The van der Waals surface area contributed by atoms with Crippen LogP contribution in [0.4, 0.5) is 22.7 Å². The Kier molecular flexibility index (Phi) is 8.01. The predicted molar refractivity (Wildman–Crippen MR) is 179 cm³/mol. The molecule has 0 aromatic heterocycles. The zero-order chi connectivity index (χ0) is 27.1. The maximum absolute atomic E-state index is 3.69. The maximum atomic E-state index is 3.69. The fraction of sp³-hybridized carbons (Fsp3) is 0. The molecule has 0 fully saturated rings. The highest BCUT2D eigenvalue weighted by Crippen LogP contribution is 2.41. The zero-order valence-corrected chi connectivity index (χ0v) is 24.2. The lowest BCUT2D eigenvalue weighted by atomic mass is 10.1. The quantitative estimate of drug-likeness (QED) is 0.189. The lowest BCUT2D eigenvalue weighted by Crippen LogP contribution is -2.13. The topological polar surface area (TPSA) is 15.3 Å². The summed E-state index contributed by atoms with van der Waals surface area (Å²) in [5.74, 6) is 0. The molecular weight excluding hydrogens is 522 g/mol. The van der Waals surface area contributed by atoms with Gasteiger partial charge in [0.05, 0.1) is 11.4 Å². The van der Waals surface area contributed by atoms with E-state index in [0.29, 0.717) is 8.73 Å². The molecule has 0 aliphatic rings. The Morgan fingerprint density at radius 3 is 1.57 bits per heavy atom. The minimum atomic E-state index is 0.430. The van der Waals surface area contributed by atoms with Gasteiger partial charge in [-0.3, -0.25) is 0 Å². The molecular formula is C36H30N2P2. The Labute approximate surface area is 240 Å². The van der Waals surface area contributed by atoms with E-state index in [4.69, 9.17) is 0 Å². The van der Waals surface area contributed by atoms with Crippen LogP contribution in [-0.4, -0.2) is 0 Å². The van der Waals surface area contributed by atoms with Crippen molar-refractivity contribution in [2.24, 2.45) is 0 Å². The van der Waals surface area contributed by atoms with Crippen LogP contribution in [0.25, 0.3) is 22.3 Å². The Bertz CT molecular complexity index is 1670. The van der Waals surface area contributed by atoms with Crippen LogP contribution in [-0.2, 0) is 0 Å². The minimum Gasteiger partial charge on any atom is -0.354 e. The highest BCUT2D eigenvalue weighted by molar-refractivity contribution is 7.49. The van der Waals surface area contributed by atoms with Gasteiger partial charge in [0, 0.05) is 20.1 Å². The van der Waals surface area contributed by atoms with E-state index in [1.807, 2.05) is 6.07 Å². The summed E-state index contributed by atoms with van der Waals surface area (Å²) in [6, 6.07) is 55.8. The second kappa shape index (κ2) is 12.3. The number of hydrogen-bond donors (Lipinski definition) is 1. The molecule has 0 aliphatic carbocycles. The fourth-order valence-electron chi connectivity index (χ4n) is 4.69. The Morgan fingerprint density at radius 2 is 0.975 bits per heavy atom. The molecule has 0 spiro atoms. The van der Waals surface area contributed by atoms with Crippen LogP contribution in [0, 0.1) is 0 Å². The van der Waals surface area contributed by atoms with E-state index >= 15 is 0 Å². The van der Waals surface area contributed by atoms with Crippen LogP contribution in [0.5, 0.6) is 0 Å². The van der Waals surface area contributed by atoms with Gasteiger partial charge < -0.3 is 9.99 Å². The van der Waals surface area contributed by atoms with E-state index in [0.717, 1.165) is 22.7 Å². The zero-order valence-electron chi connectivity index (χ0n) is 22.0. The molecule has 1 N–H and O–H groups in total. The van der Waals surface area contributed by atoms with Gasteiger partial charge in [-0.1, -0.05) is 121 Å².